The third-order valence-corrected chi connectivity index (χ3v) is 6.82. The number of hydrogen-bond donors (Lipinski definition) is 1. The number of benzene rings is 2. The number of rotatable bonds is 6. The fourth-order valence-electron chi connectivity index (χ4n) is 3.96. The van der Waals surface area contributed by atoms with Gasteiger partial charge in [-0.05, 0) is 61.2 Å². The molecule has 0 radical (unpaired) electrons. The molecule has 2 heterocycles. The Morgan fingerprint density at radius 2 is 1.90 bits per heavy atom. The van der Waals surface area contributed by atoms with Crippen LogP contribution in [0.5, 0.6) is 0 Å². The van der Waals surface area contributed by atoms with Gasteiger partial charge in [0.25, 0.3) is 5.91 Å². The van der Waals surface area contributed by atoms with E-state index in [2.05, 4.69) is 17.2 Å². The molecule has 0 spiro atoms. The molecule has 0 aliphatic carbocycles. The summed E-state index contributed by atoms with van der Waals surface area (Å²) >= 11 is 1.37. The van der Waals surface area contributed by atoms with Crippen molar-refractivity contribution in [2.75, 3.05) is 12.4 Å². The van der Waals surface area contributed by atoms with Gasteiger partial charge in [0.15, 0.2) is 5.78 Å². The number of methoxy groups -OCH3 is 1. The Balaban J connectivity index is 1.73. The van der Waals surface area contributed by atoms with Crippen molar-refractivity contribution >= 4 is 49.8 Å². The number of ether oxygens (including phenoxy) is 1. The monoisotopic (exact) mass is 432 g/mol. The van der Waals surface area contributed by atoms with Crippen molar-refractivity contribution in [1.82, 2.24) is 4.98 Å². The van der Waals surface area contributed by atoms with Crippen LogP contribution in [0.15, 0.2) is 42.5 Å². The van der Waals surface area contributed by atoms with Gasteiger partial charge >= 0.3 is 0 Å². The Labute approximate surface area is 185 Å². The maximum absolute atomic E-state index is 13.1. The summed E-state index contributed by atoms with van der Waals surface area (Å²) < 4.78 is 6.14. The van der Waals surface area contributed by atoms with E-state index in [0.717, 1.165) is 44.1 Å². The Kier molecular flexibility index (Phi) is 5.85. The fourth-order valence-corrected chi connectivity index (χ4v) is 5.27. The Morgan fingerprint density at radius 3 is 2.61 bits per heavy atom. The van der Waals surface area contributed by atoms with Crippen molar-refractivity contribution in [2.24, 2.45) is 0 Å². The maximum atomic E-state index is 13.1. The number of anilines is 1. The minimum Gasteiger partial charge on any atom is -0.380 e. The summed E-state index contributed by atoms with van der Waals surface area (Å²) in [7, 11) is 1.66. The van der Waals surface area contributed by atoms with Gasteiger partial charge in [-0.15, -0.1) is 11.3 Å². The largest absolute Gasteiger partial charge is 0.380 e. The van der Waals surface area contributed by atoms with Crippen LogP contribution >= 0.6 is 11.3 Å². The molecule has 2 aromatic carbocycles. The summed E-state index contributed by atoms with van der Waals surface area (Å²) in [6.45, 7) is 6.09. The van der Waals surface area contributed by atoms with Gasteiger partial charge in [0.05, 0.1) is 17.0 Å². The molecule has 0 saturated carbocycles. The number of aromatic nitrogens is 1. The smallest absolute Gasteiger partial charge is 0.267 e. The lowest BCUT2D eigenvalue weighted by Gasteiger charge is -2.08. The van der Waals surface area contributed by atoms with Gasteiger partial charge < -0.3 is 10.1 Å². The normalized spacial score (nSPS) is 11.2. The van der Waals surface area contributed by atoms with Crippen molar-refractivity contribution in [1.29, 1.82) is 0 Å². The zero-order chi connectivity index (χ0) is 22.1. The predicted octanol–water partition coefficient (Wildman–Crippen LogP) is 5.92. The van der Waals surface area contributed by atoms with Crippen LogP contribution in [0.25, 0.3) is 21.0 Å². The van der Waals surface area contributed by atoms with Crippen molar-refractivity contribution in [3.05, 3.63) is 69.6 Å². The number of thiophene rings is 1. The molecule has 0 aliphatic rings. The van der Waals surface area contributed by atoms with Crippen LogP contribution in [-0.2, 0) is 17.8 Å². The molecular weight excluding hydrogens is 408 g/mol. The van der Waals surface area contributed by atoms with E-state index in [1.54, 1.807) is 20.1 Å². The fraction of sp³-hybridized carbons (Fsp3) is 0.240. The van der Waals surface area contributed by atoms with Gasteiger partial charge in [-0.1, -0.05) is 25.1 Å². The lowest BCUT2D eigenvalue weighted by molar-refractivity contribution is 0.101. The number of fused-ring (bicyclic) bond motifs is 2. The molecule has 31 heavy (non-hydrogen) atoms. The number of carbonyl (C=O) groups excluding carboxylic acids is 2. The molecule has 1 N–H and O–H groups in total. The first-order valence-corrected chi connectivity index (χ1v) is 11.0. The van der Waals surface area contributed by atoms with Gasteiger partial charge in [-0.3, -0.25) is 9.59 Å². The summed E-state index contributed by atoms with van der Waals surface area (Å²) in [5.74, 6) is 0.283. The lowest BCUT2D eigenvalue weighted by atomic mass is 9.99. The van der Waals surface area contributed by atoms with Crippen molar-refractivity contribution < 1.29 is 14.3 Å². The third kappa shape index (κ3) is 3.84. The molecule has 0 saturated heterocycles. The number of hydrogen-bond acceptors (Lipinski definition) is 5. The van der Waals surface area contributed by atoms with Crippen LogP contribution in [0.4, 0.5) is 5.82 Å². The van der Waals surface area contributed by atoms with Crippen molar-refractivity contribution in [2.45, 2.75) is 33.8 Å². The maximum Gasteiger partial charge on any atom is 0.267 e. The van der Waals surface area contributed by atoms with Gasteiger partial charge in [0.1, 0.15) is 5.82 Å². The SMILES string of the molecule is CCc1ccc(C(C)=O)c2sc(C(=O)Nc3ccc4c(COC)cccc4n3)c(C)c12. The van der Waals surface area contributed by atoms with Crippen LogP contribution in [-0.4, -0.2) is 23.8 Å². The zero-order valence-corrected chi connectivity index (χ0v) is 18.9. The summed E-state index contributed by atoms with van der Waals surface area (Å²) in [5.41, 5.74) is 4.55. The summed E-state index contributed by atoms with van der Waals surface area (Å²) in [6.07, 6.45) is 0.837. The van der Waals surface area contributed by atoms with Crippen LogP contribution in [0.3, 0.4) is 0 Å². The Bertz CT molecular complexity index is 1320. The van der Waals surface area contributed by atoms with E-state index < -0.39 is 0 Å². The highest BCUT2D eigenvalue weighted by Gasteiger charge is 2.21. The second kappa shape index (κ2) is 8.57. The molecule has 158 valence electrons. The van der Waals surface area contributed by atoms with Gasteiger partial charge in [0, 0.05) is 28.1 Å². The summed E-state index contributed by atoms with van der Waals surface area (Å²) in [6, 6.07) is 13.5. The van der Waals surface area contributed by atoms with E-state index >= 15 is 0 Å². The van der Waals surface area contributed by atoms with Crippen LogP contribution in [0, 0.1) is 6.92 Å². The van der Waals surface area contributed by atoms with E-state index in [0.29, 0.717) is 22.9 Å². The quantitative estimate of drug-likeness (QED) is 0.384. The number of amides is 1. The molecule has 4 aromatic rings. The molecule has 0 fully saturated rings. The molecule has 0 aliphatic heterocycles. The van der Waals surface area contributed by atoms with E-state index in [1.807, 2.05) is 43.3 Å². The molecular formula is C25H24N2O3S. The van der Waals surface area contributed by atoms with Crippen molar-refractivity contribution in [3.8, 4) is 0 Å². The third-order valence-electron chi connectivity index (χ3n) is 5.49. The minimum absolute atomic E-state index is 0.00363. The highest BCUT2D eigenvalue weighted by atomic mass is 32.1. The topological polar surface area (TPSA) is 68.3 Å². The van der Waals surface area contributed by atoms with Crippen LogP contribution < -0.4 is 5.32 Å². The highest BCUT2D eigenvalue weighted by molar-refractivity contribution is 7.21. The predicted molar refractivity (Wildman–Crippen MR) is 126 cm³/mol. The minimum atomic E-state index is -0.213. The van der Waals surface area contributed by atoms with E-state index in [1.165, 1.54) is 11.3 Å². The lowest BCUT2D eigenvalue weighted by Crippen LogP contribution is -2.12. The zero-order valence-electron chi connectivity index (χ0n) is 18.0. The molecule has 6 heteroatoms. The first kappa shape index (κ1) is 21.2. The average Bonchev–Trinajstić information content (AvgIpc) is 3.11. The number of aryl methyl sites for hydroxylation is 2. The Morgan fingerprint density at radius 1 is 1.10 bits per heavy atom. The second-order valence-corrected chi connectivity index (χ2v) is 8.53. The molecule has 0 atom stereocenters. The summed E-state index contributed by atoms with van der Waals surface area (Å²) in [4.78, 5) is 30.5. The highest BCUT2D eigenvalue weighted by Crippen LogP contribution is 2.36. The van der Waals surface area contributed by atoms with E-state index in [-0.39, 0.29) is 11.7 Å². The van der Waals surface area contributed by atoms with Gasteiger partial charge in [-0.25, -0.2) is 4.98 Å². The van der Waals surface area contributed by atoms with E-state index in [9.17, 15) is 9.59 Å². The summed E-state index contributed by atoms with van der Waals surface area (Å²) in [5, 5.41) is 4.95. The first-order valence-electron chi connectivity index (χ1n) is 10.2. The number of ketones is 1. The molecule has 4 rings (SSSR count). The van der Waals surface area contributed by atoms with Crippen LogP contribution in [0.1, 0.15) is 50.6 Å². The molecule has 5 nitrogen and oxygen atoms in total. The number of pyridine rings is 1. The first-order chi connectivity index (χ1) is 14.9. The number of carbonyl (C=O) groups is 2. The number of nitrogens with zero attached hydrogens (tertiary/aromatic N) is 1. The van der Waals surface area contributed by atoms with Crippen LogP contribution in [0.2, 0.25) is 0 Å². The second-order valence-electron chi connectivity index (χ2n) is 7.51. The van der Waals surface area contributed by atoms with Gasteiger partial charge in [-0.2, -0.15) is 0 Å². The van der Waals surface area contributed by atoms with Crippen molar-refractivity contribution in [3.63, 3.8) is 0 Å². The van der Waals surface area contributed by atoms with E-state index in [4.69, 9.17) is 4.74 Å². The van der Waals surface area contributed by atoms with Gasteiger partial charge in [0.2, 0.25) is 0 Å². The molecule has 0 unspecified atom stereocenters. The standard InChI is InChI=1S/C25H24N2O3S/c1-5-16-9-10-18(15(3)28)24-22(16)14(2)23(31-24)25(29)27-21-12-11-19-17(13-30-4)7-6-8-20(19)26-21/h6-12H,5,13H2,1-4H3,(H,26,27,29). The Hall–Kier alpha value is -3.09. The molecule has 2 aromatic heterocycles. The number of Topliss-reactive ketones (excluding diaryl/α,β-unsaturated/α-hetero) is 1. The average molecular weight is 433 g/mol. The molecule has 0 bridgehead atoms. The number of nitrogens with one attached hydrogen (secondary N) is 1. The molecule has 1 amide bonds.